The molecule has 0 unspecified atom stereocenters. The molecule has 0 aromatic rings. The van der Waals surface area contributed by atoms with Crippen LogP contribution in [0.3, 0.4) is 0 Å². The van der Waals surface area contributed by atoms with E-state index in [1.165, 1.54) is 206 Å². The molecule has 1 saturated heterocycles. The van der Waals surface area contributed by atoms with E-state index in [-0.39, 0.29) is 5.60 Å². The van der Waals surface area contributed by atoms with Crippen molar-refractivity contribution in [1.82, 2.24) is 9.80 Å². The van der Waals surface area contributed by atoms with E-state index in [4.69, 9.17) is 4.74 Å². The van der Waals surface area contributed by atoms with E-state index >= 15 is 0 Å². The van der Waals surface area contributed by atoms with Gasteiger partial charge in [-0.15, -0.1) is 0 Å². The van der Waals surface area contributed by atoms with Gasteiger partial charge in [0.05, 0.1) is 5.60 Å². The van der Waals surface area contributed by atoms with Gasteiger partial charge in [-0.3, -0.25) is 4.90 Å². The lowest BCUT2D eigenvalue weighted by Crippen LogP contribution is -2.48. The summed E-state index contributed by atoms with van der Waals surface area (Å²) in [6.07, 6.45) is 57.0. The molecule has 3 heteroatoms. The Bertz CT molecular complexity index is 801. The predicted molar refractivity (Wildman–Crippen MR) is 235 cm³/mol. The Morgan fingerprint density at radius 1 is 0.462 bits per heavy atom. The quantitative estimate of drug-likeness (QED) is 0.0469. The zero-order chi connectivity index (χ0) is 37.6. The maximum absolute atomic E-state index is 6.47. The summed E-state index contributed by atoms with van der Waals surface area (Å²) in [4.78, 5) is 5.34. The maximum atomic E-state index is 6.47. The standard InChI is InChI=1S/C49H92N2O/c1-6-8-10-12-14-16-18-20-22-24-26-28-30-32-34-36-40-49(52-5,42-38-39-43-50-44-46-51(47-45-50)48(3)4)41-37-35-33-31-29-27-25-23-21-19-17-15-13-11-9-7-2/h14-17,20-23,48H,6-13,18-19,24-47H2,1-5H3/b16-14-,17-15-,22-20-,23-21-. The zero-order valence-electron chi connectivity index (χ0n) is 36.0. The molecule has 1 aliphatic rings. The van der Waals surface area contributed by atoms with Crippen LogP contribution >= 0.6 is 0 Å². The Balaban J connectivity index is 2.31. The zero-order valence-corrected chi connectivity index (χ0v) is 36.0. The lowest BCUT2D eigenvalue weighted by molar-refractivity contribution is -0.0370. The smallest absolute Gasteiger partial charge is 0.0678 e. The molecule has 0 saturated carbocycles. The van der Waals surface area contributed by atoms with Gasteiger partial charge in [0.25, 0.3) is 0 Å². The molecule has 52 heavy (non-hydrogen) atoms. The summed E-state index contributed by atoms with van der Waals surface area (Å²) in [5, 5.41) is 0. The molecule has 0 N–H and O–H groups in total. The fraction of sp³-hybridized carbons (Fsp3) is 0.837. The van der Waals surface area contributed by atoms with Gasteiger partial charge in [-0.05, 0) is 117 Å². The molecular formula is C49H92N2O. The van der Waals surface area contributed by atoms with Crippen LogP contribution in [0.15, 0.2) is 48.6 Å². The lowest BCUT2D eigenvalue weighted by atomic mass is 9.85. The van der Waals surface area contributed by atoms with Crippen LogP contribution in [0.25, 0.3) is 0 Å². The van der Waals surface area contributed by atoms with Gasteiger partial charge in [0.1, 0.15) is 0 Å². The number of rotatable bonds is 37. The molecule has 0 bridgehead atoms. The number of hydrogen-bond acceptors (Lipinski definition) is 3. The largest absolute Gasteiger partial charge is 0.378 e. The minimum absolute atomic E-state index is 0.0980. The van der Waals surface area contributed by atoms with Gasteiger partial charge in [0, 0.05) is 39.3 Å². The molecule has 0 atom stereocenters. The Kier molecular flexibility index (Phi) is 34.6. The first-order valence-electron chi connectivity index (χ1n) is 23.2. The molecule has 1 fully saturated rings. The Hall–Kier alpha value is -1.16. The molecule has 0 aromatic heterocycles. The van der Waals surface area contributed by atoms with Crippen molar-refractivity contribution in [3.8, 4) is 0 Å². The van der Waals surface area contributed by atoms with E-state index in [0.717, 1.165) is 12.8 Å². The molecule has 1 heterocycles. The highest BCUT2D eigenvalue weighted by Crippen LogP contribution is 2.32. The van der Waals surface area contributed by atoms with Crippen LogP contribution in [0, 0.1) is 0 Å². The molecule has 0 amide bonds. The molecule has 0 aromatic carbocycles. The lowest BCUT2D eigenvalue weighted by Gasteiger charge is -2.37. The van der Waals surface area contributed by atoms with Crippen molar-refractivity contribution in [3.63, 3.8) is 0 Å². The first-order valence-corrected chi connectivity index (χ1v) is 23.2. The number of allylic oxidation sites excluding steroid dienone is 8. The third kappa shape index (κ3) is 29.2. The minimum Gasteiger partial charge on any atom is -0.378 e. The highest BCUT2D eigenvalue weighted by molar-refractivity contribution is 4.93. The first-order chi connectivity index (χ1) is 25.6. The van der Waals surface area contributed by atoms with Crippen molar-refractivity contribution in [2.24, 2.45) is 0 Å². The van der Waals surface area contributed by atoms with Crippen LogP contribution < -0.4 is 0 Å². The van der Waals surface area contributed by atoms with Crippen LogP contribution in [-0.2, 0) is 4.74 Å². The number of hydrogen-bond donors (Lipinski definition) is 0. The molecule has 3 nitrogen and oxygen atoms in total. The Morgan fingerprint density at radius 3 is 1.21 bits per heavy atom. The van der Waals surface area contributed by atoms with Crippen LogP contribution in [0.2, 0.25) is 0 Å². The van der Waals surface area contributed by atoms with Crippen molar-refractivity contribution in [1.29, 1.82) is 0 Å². The first kappa shape index (κ1) is 48.9. The van der Waals surface area contributed by atoms with E-state index in [9.17, 15) is 0 Å². The Morgan fingerprint density at radius 2 is 0.827 bits per heavy atom. The fourth-order valence-electron chi connectivity index (χ4n) is 7.84. The molecule has 0 radical (unpaired) electrons. The summed E-state index contributed by atoms with van der Waals surface area (Å²) in [6.45, 7) is 15.5. The summed E-state index contributed by atoms with van der Waals surface area (Å²) < 4.78 is 6.47. The van der Waals surface area contributed by atoms with Gasteiger partial charge in [-0.1, -0.05) is 152 Å². The maximum Gasteiger partial charge on any atom is 0.0678 e. The summed E-state index contributed by atoms with van der Waals surface area (Å²) in [6, 6.07) is 0.684. The van der Waals surface area contributed by atoms with Gasteiger partial charge >= 0.3 is 0 Å². The molecule has 0 aliphatic carbocycles. The second kappa shape index (κ2) is 36.8. The SMILES string of the molecule is CCCCC/C=C\C/C=C\CCCCCCCCC(CCCCCCCC/C=C\C/C=C\CCCCC)(CCCCN1CCN(C(C)C)CC1)OC. The van der Waals surface area contributed by atoms with Gasteiger partial charge in [-0.2, -0.15) is 0 Å². The van der Waals surface area contributed by atoms with Crippen LogP contribution in [0.5, 0.6) is 0 Å². The Labute approximate surface area is 327 Å². The minimum atomic E-state index is 0.0980. The third-order valence-corrected chi connectivity index (χ3v) is 11.6. The highest BCUT2D eigenvalue weighted by atomic mass is 16.5. The summed E-state index contributed by atoms with van der Waals surface area (Å²) in [7, 11) is 2.02. The van der Waals surface area contributed by atoms with E-state index in [2.05, 4.69) is 86.1 Å². The van der Waals surface area contributed by atoms with E-state index in [0.29, 0.717) is 6.04 Å². The van der Waals surface area contributed by atoms with Crippen LogP contribution in [-0.4, -0.2) is 61.3 Å². The second-order valence-electron chi connectivity index (χ2n) is 16.5. The molecular weight excluding hydrogens is 633 g/mol. The van der Waals surface area contributed by atoms with Crippen LogP contribution in [0.4, 0.5) is 0 Å². The third-order valence-electron chi connectivity index (χ3n) is 11.6. The summed E-state index contributed by atoms with van der Waals surface area (Å²) in [5.74, 6) is 0. The molecule has 1 rings (SSSR count). The highest BCUT2D eigenvalue weighted by Gasteiger charge is 2.28. The van der Waals surface area contributed by atoms with E-state index < -0.39 is 0 Å². The molecule has 304 valence electrons. The van der Waals surface area contributed by atoms with Crippen molar-refractivity contribution in [2.45, 2.75) is 226 Å². The normalized spacial score (nSPS) is 15.3. The fourth-order valence-corrected chi connectivity index (χ4v) is 7.84. The number of methoxy groups -OCH3 is 1. The summed E-state index contributed by atoms with van der Waals surface area (Å²) in [5.41, 5.74) is 0.0980. The van der Waals surface area contributed by atoms with Gasteiger partial charge in [0.15, 0.2) is 0 Å². The number of nitrogens with zero attached hydrogens (tertiary/aromatic N) is 2. The average molecular weight is 725 g/mol. The van der Waals surface area contributed by atoms with Crippen molar-refractivity contribution in [2.75, 3.05) is 39.8 Å². The number of piperazine rings is 1. The molecule has 0 spiro atoms. The monoisotopic (exact) mass is 725 g/mol. The average Bonchev–Trinajstić information content (AvgIpc) is 3.16. The van der Waals surface area contributed by atoms with E-state index in [1.807, 2.05) is 7.11 Å². The van der Waals surface area contributed by atoms with Gasteiger partial charge in [0.2, 0.25) is 0 Å². The van der Waals surface area contributed by atoms with Gasteiger partial charge in [-0.25, -0.2) is 0 Å². The predicted octanol–water partition coefficient (Wildman–Crippen LogP) is 15.0. The number of ether oxygens (including phenoxy) is 1. The van der Waals surface area contributed by atoms with E-state index in [1.54, 1.807) is 0 Å². The molecule has 1 aliphatic heterocycles. The number of unbranched alkanes of at least 4 members (excludes halogenated alkanes) is 19. The topological polar surface area (TPSA) is 15.7 Å². The van der Waals surface area contributed by atoms with Crippen molar-refractivity contribution >= 4 is 0 Å². The second-order valence-corrected chi connectivity index (χ2v) is 16.5. The van der Waals surface area contributed by atoms with Crippen molar-refractivity contribution in [3.05, 3.63) is 48.6 Å². The van der Waals surface area contributed by atoms with Gasteiger partial charge < -0.3 is 9.64 Å². The van der Waals surface area contributed by atoms with Crippen molar-refractivity contribution < 1.29 is 4.74 Å². The summed E-state index contributed by atoms with van der Waals surface area (Å²) >= 11 is 0. The van der Waals surface area contributed by atoms with Crippen LogP contribution in [0.1, 0.15) is 214 Å².